The zero-order valence-electron chi connectivity index (χ0n) is 21.2. The molecular formula is C26H50N4O. The van der Waals surface area contributed by atoms with Crippen LogP contribution in [0, 0.1) is 5.92 Å². The summed E-state index contributed by atoms with van der Waals surface area (Å²) in [6.07, 6.45) is 8.18. The molecule has 0 radical (unpaired) electrons. The maximum atomic E-state index is 6.30. The van der Waals surface area contributed by atoms with Crippen molar-refractivity contribution in [2.24, 2.45) is 5.92 Å². The minimum Gasteiger partial charge on any atom is -0.374 e. The van der Waals surface area contributed by atoms with E-state index < -0.39 is 0 Å². The molecule has 0 aromatic rings. The number of fused-ring (bicyclic) bond motifs is 1. The molecule has 0 saturated carbocycles. The number of piperidine rings is 1. The maximum Gasteiger partial charge on any atom is 0.0657 e. The van der Waals surface area contributed by atoms with Crippen molar-refractivity contribution in [3.05, 3.63) is 0 Å². The SMILES string of the molecule is CC(C)N1CCC(CN2CCN(C[C@@H]3CC[C@@]4(COC(C)(C)C)CCCN34)CC2)CC1. The Balaban J connectivity index is 1.19. The molecule has 2 atom stereocenters. The highest BCUT2D eigenvalue weighted by atomic mass is 16.5. The van der Waals surface area contributed by atoms with Crippen molar-refractivity contribution in [2.45, 2.75) is 96.4 Å². The van der Waals surface area contributed by atoms with Gasteiger partial charge >= 0.3 is 0 Å². The van der Waals surface area contributed by atoms with E-state index in [0.29, 0.717) is 5.54 Å². The summed E-state index contributed by atoms with van der Waals surface area (Å²) in [6, 6.07) is 1.47. The molecule has 31 heavy (non-hydrogen) atoms. The van der Waals surface area contributed by atoms with Crippen molar-refractivity contribution in [2.75, 3.05) is 65.5 Å². The Morgan fingerprint density at radius 3 is 2.10 bits per heavy atom. The predicted octanol–water partition coefficient (Wildman–Crippen LogP) is 3.54. The van der Waals surface area contributed by atoms with Gasteiger partial charge in [0.2, 0.25) is 0 Å². The van der Waals surface area contributed by atoms with Crippen molar-refractivity contribution in [1.29, 1.82) is 0 Å². The van der Waals surface area contributed by atoms with Crippen LogP contribution < -0.4 is 0 Å². The molecule has 4 saturated heterocycles. The van der Waals surface area contributed by atoms with Gasteiger partial charge in [-0.1, -0.05) is 0 Å². The monoisotopic (exact) mass is 434 g/mol. The van der Waals surface area contributed by atoms with E-state index in [1.54, 1.807) is 0 Å². The van der Waals surface area contributed by atoms with Gasteiger partial charge in [-0.3, -0.25) is 9.80 Å². The van der Waals surface area contributed by atoms with Crippen molar-refractivity contribution in [3.8, 4) is 0 Å². The van der Waals surface area contributed by atoms with Gasteiger partial charge in [-0.2, -0.15) is 0 Å². The van der Waals surface area contributed by atoms with Crippen molar-refractivity contribution in [3.63, 3.8) is 0 Å². The third-order valence-corrected chi connectivity index (χ3v) is 8.64. The fraction of sp³-hybridized carbons (Fsp3) is 1.00. The Morgan fingerprint density at radius 1 is 0.839 bits per heavy atom. The number of hydrogen-bond acceptors (Lipinski definition) is 5. The lowest BCUT2D eigenvalue weighted by molar-refractivity contribution is -0.0584. The zero-order valence-corrected chi connectivity index (χ0v) is 21.2. The lowest BCUT2D eigenvalue weighted by Gasteiger charge is -2.42. The summed E-state index contributed by atoms with van der Waals surface area (Å²) < 4.78 is 6.30. The van der Waals surface area contributed by atoms with Gasteiger partial charge in [0.25, 0.3) is 0 Å². The normalized spacial score (nSPS) is 32.9. The molecule has 0 aromatic heterocycles. The Kier molecular flexibility index (Phi) is 7.70. The summed E-state index contributed by atoms with van der Waals surface area (Å²) >= 11 is 0. The molecule has 5 heteroatoms. The molecule has 0 aliphatic carbocycles. The molecule has 4 fully saturated rings. The van der Waals surface area contributed by atoms with Gasteiger partial charge in [-0.05, 0) is 98.7 Å². The lowest BCUT2D eigenvalue weighted by atomic mass is 9.95. The number of likely N-dealkylation sites (tertiary alicyclic amines) is 1. The second-order valence-corrected chi connectivity index (χ2v) is 12.3. The minimum absolute atomic E-state index is 0.0250. The average Bonchev–Trinajstić information content (AvgIpc) is 3.28. The number of rotatable bonds is 7. The molecule has 4 aliphatic heterocycles. The first-order valence-corrected chi connectivity index (χ1v) is 13.3. The van der Waals surface area contributed by atoms with E-state index in [2.05, 4.69) is 54.2 Å². The van der Waals surface area contributed by atoms with E-state index in [9.17, 15) is 0 Å². The molecule has 4 heterocycles. The summed E-state index contributed by atoms with van der Waals surface area (Å²) in [6.45, 7) is 23.8. The molecule has 5 nitrogen and oxygen atoms in total. The molecule has 0 aromatic carbocycles. The summed E-state index contributed by atoms with van der Waals surface area (Å²) in [5, 5.41) is 0. The van der Waals surface area contributed by atoms with E-state index >= 15 is 0 Å². The summed E-state index contributed by atoms with van der Waals surface area (Å²) in [5.74, 6) is 0.921. The highest BCUT2D eigenvalue weighted by Gasteiger charge is 2.50. The van der Waals surface area contributed by atoms with Crippen LogP contribution in [0.1, 0.15) is 73.1 Å². The van der Waals surface area contributed by atoms with Crippen LogP contribution in [0.5, 0.6) is 0 Å². The van der Waals surface area contributed by atoms with Crippen LogP contribution in [0.25, 0.3) is 0 Å². The van der Waals surface area contributed by atoms with Crippen LogP contribution in [0.15, 0.2) is 0 Å². The van der Waals surface area contributed by atoms with Crippen molar-refractivity contribution < 1.29 is 4.74 Å². The molecule has 0 amide bonds. The molecule has 4 rings (SSSR count). The number of piperazine rings is 1. The lowest BCUT2D eigenvalue weighted by Crippen LogP contribution is -2.54. The maximum absolute atomic E-state index is 6.30. The molecule has 0 spiro atoms. The quantitative estimate of drug-likeness (QED) is 0.610. The van der Waals surface area contributed by atoms with Crippen LogP contribution >= 0.6 is 0 Å². The van der Waals surface area contributed by atoms with Gasteiger partial charge < -0.3 is 14.5 Å². The fourth-order valence-corrected chi connectivity index (χ4v) is 6.63. The first-order chi connectivity index (χ1) is 14.7. The van der Waals surface area contributed by atoms with Crippen molar-refractivity contribution >= 4 is 0 Å². The molecule has 0 bridgehead atoms. The zero-order chi connectivity index (χ0) is 22.1. The van der Waals surface area contributed by atoms with Crippen LogP contribution in [0.3, 0.4) is 0 Å². The van der Waals surface area contributed by atoms with E-state index in [1.165, 1.54) is 97.4 Å². The largest absolute Gasteiger partial charge is 0.374 e. The smallest absolute Gasteiger partial charge is 0.0657 e. The molecule has 0 N–H and O–H groups in total. The summed E-state index contributed by atoms with van der Waals surface area (Å²) in [5.41, 5.74) is 0.313. The molecule has 180 valence electrons. The van der Waals surface area contributed by atoms with E-state index in [4.69, 9.17) is 4.74 Å². The number of ether oxygens (including phenoxy) is 1. The van der Waals surface area contributed by atoms with Crippen LogP contribution in [0.2, 0.25) is 0 Å². The van der Waals surface area contributed by atoms with Crippen LogP contribution in [-0.2, 0) is 4.74 Å². The summed E-state index contributed by atoms with van der Waals surface area (Å²) in [7, 11) is 0. The van der Waals surface area contributed by atoms with Gasteiger partial charge in [-0.15, -0.1) is 0 Å². The number of hydrogen-bond donors (Lipinski definition) is 0. The molecule has 0 unspecified atom stereocenters. The Morgan fingerprint density at radius 2 is 1.48 bits per heavy atom. The fourth-order valence-electron chi connectivity index (χ4n) is 6.63. The standard InChI is InChI=1S/C26H50N4O/c1-22(2)29-13-8-23(9-14-29)19-27-15-17-28(18-16-27)20-24-7-11-26(10-6-12-30(24)26)21-31-25(3,4)5/h22-24H,6-21H2,1-5H3/t24-,26+/m0/s1. The Labute approximate surface area is 192 Å². The third kappa shape index (κ3) is 6.03. The molecular weight excluding hydrogens is 384 g/mol. The minimum atomic E-state index is -0.0250. The van der Waals surface area contributed by atoms with E-state index in [-0.39, 0.29) is 5.60 Å². The van der Waals surface area contributed by atoms with Crippen LogP contribution in [0.4, 0.5) is 0 Å². The first kappa shape index (κ1) is 23.9. The second kappa shape index (κ2) is 9.97. The summed E-state index contributed by atoms with van der Waals surface area (Å²) in [4.78, 5) is 11.0. The van der Waals surface area contributed by atoms with Crippen LogP contribution in [-0.4, -0.2) is 108 Å². The van der Waals surface area contributed by atoms with Crippen molar-refractivity contribution in [1.82, 2.24) is 19.6 Å². The van der Waals surface area contributed by atoms with Gasteiger partial charge in [0.05, 0.1) is 12.2 Å². The van der Waals surface area contributed by atoms with Gasteiger partial charge in [0, 0.05) is 56.9 Å². The number of nitrogens with zero attached hydrogens (tertiary/aromatic N) is 4. The van der Waals surface area contributed by atoms with E-state index in [0.717, 1.165) is 24.6 Å². The average molecular weight is 435 g/mol. The molecule has 4 aliphatic rings. The highest BCUT2D eigenvalue weighted by molar-refractivity contribution is 5.05. The third-order valence-electron chi connectivity index (χ3n) is 8.64. The first-order valence-electron chi connectivity index (χ1n) is 13.3. The second-order valence-electron chi connectivity index (χ2n) is 12.3. The highest BCUT2D eigenvalue weighted by Crippen LogP contribution is 2.43. The van der Waals surface area contributed by atoms with Gasteiger partial charge in [0.1, 0.15) is 0 Å². The van der Waals surface area contributed by atoms with Gasteiger partial charge in [0.15, 0.2) is 0 Å². The van der Waals surface area contributed by atoms with E-state index in [1.807, 2.05) is 0 Å². The Bertz CT molecular complexity index is 560. The van der Waals surface area contributed by atoms with Gasteiger partial charge in [-0.25, -0.2) is 0 Å². The Hall–Kier alpha value is -0.200. The predicted molar refractivity (Wildman–Crippen MR) is 130 cm³/mol. The topological polar surface area (TPSA) is 22.2 Å².